The van der Waals surface area contributed by atoms with Crippen LogP contribution in [0, 0.1) is 0 Å². The highest BCUT2D eigenvalue weighted by Gasteiger charge is 2.26. The highest BCUT2D eigenvalue weighted by molar-refractivity contribution is 7.99. The van der Waals surface area contributed by atoms with E-state index in [0.29, 0.717) is 12.0 Å². The summed E-state index contributed by atoms with van der Waals surface area (Å²) in [5.41, 5.74) is 1.16. The van der Waals surface area contributed by atoms with Gasteiger partial charge in [0.2, 0.25) is 5.88 Å². The molecule has 0 aromatic carbocycles. The molecule has 2 heterocycles. The molecule has 0 amide bonds. The minimum absolute atomic E-state index is 0.358. The average molecular weight is 222 g/mol. The molecule has 3 nitrogen and oxygen atoms in total. The molecule has 1 saturated carbocycles. The van der Waals surface area contributed by atoms with Crippen LogP contribution in [0.15, 0.2) is 12.4 Å². The lowest BCUT2D eigenvalue weighted by Gasteiger charge is -2.11. The minimum atomic E-state index is 0.358. The topological polar surface area (TPSA) is 35.0 Å². The lowest BCUT2D eigenvalue weighted by Crippen LogP contribution is -2.15. The molecule has 2 fully saturated rings. The minimum Gasteiger partial charge on any atom is -0.473 e. The van der Waals surface area contributed by atoms with Gasteiger partial charge in [-0.25, -0.2) is 9.97 Å². The van der Waals surface area contributed by atoms with Gasteiger partial charge in [-0.05, 0) is 25.0 Å². The van der Waals surface area contributed by atoms with Gasteiger partial charge < -0.3 is 4.74 Å². The van der Waals surface area contributed by atoms with Gasteiger partial charge in [0, 0.05) is 17.7 Å². The molecule has 1 aromatic heterocycles. The molecule has 1 atom stereocenters. The normalized spacial score (nSPS) is 25.5. The summed E-state index contributed by atoms with van der Waals surface area (Å²) in [7, 11) is 0. The number of aromatic nitrogens is 2. The Balaban J connectivity index is 1.70. The summed E-state index contributed by atoms with van der Waals surface area (Å²) >= 11 is 1.96. The van der Waals surface area contributed by atoms with Crippen LogP contribution in [0.1, 0.15) is 30.9 Å². The lowest BCUT2D eigenvalue weighted by molar-refractivity contribution is 0.219. The Kier molecular flexibility index (Phi) is 2.52. The summed E-state index contributed by atoms with van der Waals surface area (Å²) in [4.78, 5) is 8.45. The van der Waals surface area contributed by atoms with Crippen LogP contribution in [0.5, 0.6) is 5.88 Å². The van der Waals surface area contributed by atoms with E-state index in [1.54, 1.807) is 6.33 Å². The van der Waals surface area contributed by atoms with Crippen molar-refractivity contribution in [1.82, 2.24) is 9.97 Å². The fraction of sp³-hybridized carbons (Fsp3) is 0.636. The molecule has 15 heavy (non-hydrogen) atoms. The molecular weight excluding hydrogens is 208 g/mol. The van der Waals surface area contributed by atoms with Crippen molar-refractivity contribution in [2.75, 3.05) is 11.5 Å². The Hall–Kier alpha value is -0.770. The van der Waals surface area contributed by atoms with Gasteiger partial charge in [0.1, 0.15) is 12.4 Å². The quantitative estimate of drug-likeness (QED) is 0.785. The molecular formula is C11H14N2OS. The number of rotatable bonds is 3. The van der Waals surface area contributed by atoms with Crippen molar-refractivity contribution in [2.45, 2.75) is 31.3 Å². The van der Waals surface area contributed by atoms with E-state index >= 15 is 0 Å². The monoisotopic (exact) mass is 222 g/mol. The third-order valence-corrected chi connectivity index (χ3v) is 3.97. The largest absolute Gasteiger partial charge is 0.473 e. The van der Waals surface area contributed by atoms with Crippen molar-refractivity contribution >= 4 is 11.8 Å². The lowest BCUT2D eigenvalue weighted by atomic mass is 10.3. The Morgan fingerprint density at radius 2 is 2.20 bits per heavy atom. The summed E-state index contributed by atoms with van der Waals surface area (Å²) in [5, 5.41) is 0. The van der Waals surface area contributed by atoms with Gasteiger partial charge in [0.15, 0.2) is 0 Å². The zero-order valence-electron chi connectivity index (χ0n) is 8.56. The molecule has 4 heteroatoms. The van der Waals surface area contributed by atoms with Crippen molar-refractivity contribution in [3.8, 4) is 5.88 Å². The van der Waals surface area contributed by atoms with Crippen LogP contribution in [0.3, 0.4) is 0 Å². The van der Waals surface area contributed by atoms with Crippen LogP contribution in [0.4, 0.5) is 0 Å². The summed E-state index contributed by atoms with van der Waals surface area (Å²) < 4.78 is 5.82. The van der Waals surface area contributed by atoms with Gasteiger partial charge in [0.25, 0.3) is 0 Å². The van der Waals surface area contributed by atoms with Crippen molar-refractivity contribution in [1.29, 1.82) is 0 Å². The molecule has 1 saturated heterocycles. The molecule has 1 aliphatic heterocycles. The van der Waals surface area contributed by atoms with Crippen molar-refractivity contribution in [3.05, 3.63) is 18.1 Å². The molecule has 2 aliphatic rings. The van der Waals surface area contributed by atoms with Crippen molar-refractivity contribution in [2.24, 2.45) is 0 Å². The standard InChI is InChI=1S/C11H14N2OS/c1-2-8(1)10-5-11(13-7-12-10)14-9-3-4-15-6-9/h5,7-9H,1-4,6H2. The first-order chi connectivity index (χ1) is 7.42. The van der Waals surface area contributed by atoms with E-state index in [-0.39, 0.29) is 0 Å². The SMILES string of the molecule is c1nc(OC2CCSC2)cc(C2CC2)n1. The molecule has 1 aromatic rings. The average Bonchev–Trinajstić information content (AvgIpc) is 3.00. The molecule has 3 rings (SSSR count). The fourth-order valence-corrected chi connectivity index (χ4v) is 2.89. The maximum atomic E-state index is 5.82. The van der Waals surface area contributed by atoms with Crippen LogP contribution in [0.2, 0.25) is 0 Å². The number of hydrogen-bond acceptors (Lipinski definition) is 4. The number of thioether (sulfide) groups is 1. The van der Waals surface area contributed by atoms with E-state index in [1.807, 2.05) is 17.8 Å². The van der Waals surface area contributed by atoms with Crippen LogP contribution in [-0.2, 0) is 0 Å². The van der Waals surface area contributed by atoms with Gasteiger partial charge in [-0.3, -0.25) is 0 Å². The summed E-state index contributed by atoms with van der Waals surface area (Å²) in [6.45, 7) is 0. The second kappa shape index (κ2) is 4.00. The summed E-state index contributed by atoms with van der Waals surface area (Å²) in [5.74, 6) is 3.75. The van der Waals surface area contributed by atoms with Crippen molar-refractivity contribution in [3.63, 3.8) is 0 Å². The third kappa shape index (κ3) is 2.25. The third-order valence-electron chi connectivity index (χ3n) is 2.83. The zero-order valence-corrected chi connectivity index (χ0v) is 9.37. The Labute approximate surface area is 93.7 Å². The maximum absolute atomic E-state index is 5.82. The van der Waals surface area contributed by atoms with Gasteiger partial charge in [-0.15, -0.1) is 0 Å². The molecule has 1 unspecified atom stereocenters. The van der Waals surface area contributed by atoms with Gasteiger partial charge >= 0.3 is 0 Å². The molecule has 1 aliphatic carbocycles. The highest BCUT2D eigenvalue weighted by Crippen LogP contribution is 2.39. The molecule has 0 N–H and O–H groups in total. The van der Waals surface area contributed by atoms with Crippen LogP contribution < -0.4 is 4.74 Å². The van der Waals surface area contributed by atoms with Gasteiger partial charge in [-0.1, -0.05) is 0 Å². The van der Waals surface area contributed by atoms with E-state index in [1.165, 1.54) is 18.6 Å². The van der Waals surface area contributed by atoms with Crippen LogP contribution in [-0.4, -0.2) is 27.6 Å². The van der Waals surface area contributed by atoms with E-state index < -0.39 is 0 Å². The molecule has 0 bridgehead atoms. The highest BCUT2D eigenvalue weighted by atomic mass is 32.2. The van der Waals surface area contributed by atoms with Gasteiger partial charge in [-0.2, -0.15) is 11.8 Å². The number of ether oxygens (including phenoxy) is 1. The smallest absolute Gasteiger partial charge is 0.216 e. The second-order valence-corrected chi connectivity index (χ2v) is 5.31. The van der Waals surface area contributed by atoms with Crippen molar-refractivity contribution < 1.29 is 4.74 Å². The van der Waals surface area contributed by atoms with E-state index in [2.05, 4.69) is 9.97 Å². The fourth-order valence-electron chi connectivity index (χ4n) is 1.80. The van der Waals surface area contributed by atoms with Crippen LogP contribution in [0.25, 0.3) is 0 Å². The molecule has 0 spiro atoms. The van der Waals surface area contributed by atoms with E-state index in [4.69, 9.17) is 4.74 Å². The summed E-state index contributed by atoms with van der Waals surface area (Å²) in [6.07, 6.45) is 5.68. The Morgan fingerprint density at radius 3 is 2.93 bits per heavy atom. The first-order valence-electron chi connectivity index (χ1n) is 5.48. The van der Waals surface area contributed by atoms with E-state index in [9.17, 15) is 0 Å². The maximum Gasteiger partial charge on any atom is 0.216 e. The van der Waals surface area contributed by atoms with E-state index in [0.717, 1.165) is 23.7 Å². The summed E-state index contributed by atoms with van der Waals surface area (Å²) in [6, 6.07) is 2.01. The zero-order chi connectivity index (χ0) is 10.1. The van der Waals surface area contributed by atoms with Crippen LogP contribution >= 0.6 is 11.8 Å². The molecule has 0 radical (unpaired) electrons. The van der Waals surface area contributed by atoms with Gasteiger partial charge in [0.05, 0.1) is 5.69 Å². The molecule has 80 valence electrons. The first kappa shape index (κ1) is 9.46. The number of nitrogens with zero attached hydrogens (tertiary/aromatic N) is 2. The predicted molar refractivity (Wildman–Crippen MR) is 60.4 cm³/mol. The Morgan fingerprint density at radius 1 is 1.27 bits per heavy atom. The number of hydrogen-bond donors (Lipinski definition) is 0. The Bertz CT molecular complexity index is 348. The second-order valence-electron chi connectivity index (χ2n) is 4.16. The first-order valence-corrected chi connectivity index (χ1v) is 6.63. The predicted octanol–water partition coefficient (Wildman–Crippen LogP) is 2.24.